The highest BCUT2D eigenvalue weighted by Gasteiger charge is 2.13. The molecule has 0 radical (unpaired) electrons. The molecule has 4 heteroatoms. The Morgan fingerprint density at radius 2 is 1.75 bits per heavy atom. The molecule has 24 heavy (non-hydrogen) atoms. The highest BCUT2D eigenvalue weighted by atomic mass is 32.2. The van der Waals surface area contributed by atoms with Gasteiger partial charge in [-0.25, -0.2) is 9.97 Å². The minimum Gasteiger partial charge on any atom is -0.229 e. The van der Waals surface area contributed by atoms with Crippen molar-refractivity contribution in [2.75, 3.05) is 0 Å². The first-order valence-corrected chi connectivity index (χ1v) is 9.64. The molecular formula is C20H16N2S2. The van der Waals surface area contributed by atoms with Crippen LogP contribution in [0.1, 0.15) is 11.1 Å². The normalized spacial score (nSPS) is 11.0. The number of aromatic nitrogens is 2. The van der Waals surface area contributed by atoms with Gasteiger partial charge < -0.3 is 0 Å². The second-order valence-electron chi connectivity index (χ2n) is 5.65. The summed E-state index contributed by atoms with van der Waals surface area (Å²) in [6.07, 6.45) is 1.67. The molecule has 2 aromatic heterocycles. The van der Waals surface area contributed by atoms with Crippen LogP contribution >= 0.6 is 23.1 Å². The molecule has 0 amide bonds. The molecule has 4 aromatic rings. The van der Waals surface area contributed by atoms with E-state index >= 15 is 0 Å². The molecule has 4 rings (SSSR count). The Bertz CT molecular complexity index is 960. The zero-order valence-electron chi connectivity index (χ0n) is 13.3. The van der Waals surface area contributed by atoms with Crippen LogP contribution in [0.15, 0.2) is 71.3 Å². The van der Waals surface area contributed by atoms with E-state index in [0.717, 1.165) is 15.6 Å². The van der Waals surface area contributed by atoms with E-state index in [1.54, 1.807) is 29.4 Å². The van der Waals surface area contributed by atoms with Gasteiger partial charge in [0.25, 0.3) is 0 Å². The first kappa shape index (κ1) is 15.4. The van der Waals surface area contributed by atoms with Gasteiger partial charge in [-0.3, -0.25) is 0 Å². The van der Waals surface area contributed by atoms with Crippen molar-refractivity contribution in [3.05, 3.63) is 77.4 Å². The minimum absolute atomic E-state index is 0.913. The van der Waals surface area contributed by atoms with Gasteiger partial charge in [0.2, 0.25) is 0 Å². The van der Waals surface area contributed by atoms with E-state index < -0.39 is 0 Å². The monoisotopic (exact) mass is 348 g/mol. The number of fused-ring (bicyclic) bond motifs is 1. The third-order valence-corrected chi connectivity index (χ3v) is 5.86. The van der Waals surface area contributed by atoms with Crippen molar-refractivity contribution in [3.63, 3.8) is 0 Å². The molecule has 0 bridgehead atoms. The maximum atomic E-state index is 4.56. The van der Waals surface area contributed by atoms with E-state index in [0.29, 0.717) is 0 Å². The summed E-state index contributed by atoms with van der Waals surface area (Å²) in [4.78, 5) is 10.1. The molecule has 0 fully saturated rings. The van der Waals surface area contributed by atoms with E-state index in [-0.39, 0.29) is 0 Å². The number of thioether (sulfide) groups is 1. The summed E-state index contributed by atoms with van der Waals surface area (Å²) >= 11 is 3.46. The van der Waals surface area contributed by atoms with Crippen LogP contribution in [0.2, 0.25) is 0 Å². The summed E-state index contributed by atoms with van der Waals surface area (Å²) in [5, 5.41) is 4.42. The minimum atomic E-state index is 0.913. The average molecular weight is 348 g/mol. The number of benzene rings is 2. The summed E-state index contributed by atoms with van der Waals surface area (Å²) in [5.41, 5.74) is 5.03. The summed E-state index contributed by atoms with van der Waals surface area (Å²) in [6.45, 7) is 2.11. The number of aryl methyl sites for hydroxylation is 1. The zero-order chi connectivity index (χ0) is 16.4. The molecule has 0 aliphatic heterocycles. The SMILES string of the molecule is Cc1ccc(-c2csc3ncnc(SCc4ccccc4)c23)cc1. The topological polar surface area (TPSA) is 25.8 Å². The lowest BCUT2D eigenvalue weighted by molar-refractivity contribution is 1.11. The molecule has 2 aromatic carbocycles. The number of hydrogen-bond donors (Lipinski definition) is 0. The van der Waals surface area contributed by atoms with Crippen LogP contribution in [-0.2, 0) is 5.75 Å². The van der Waals surface area contributed by atoms with Gasteiger partial charge in [-0.2, -0.15) is 0 Å². The fourth-order valence-corrected chi connectivity index (χ4v) is 4.58. The Balaban J connectivity index is 1.73. The Hall–Kier alpha value is -2.17. The molecule has 0 unspecified atom stereocenters. The average Bonchev–Trinajstić information content (AvgIpc) is 3.06. The van der Waals surface area contributed by atoms with Gasteiger partial charge >= 0.3 is 0 Å². The molecular weight excluding hydrogens is 332 g/mol. The Morgan fingerprint density at radius 1 is 0.958 bits per heavy atom. The van der Waals surface area contributed by atoms with Crippen molar-refractivity contribution in [1.82, 2.24) is 9.97 Å². The highest BCUT2D eigenvalue weighted by Crippen LogP contribution is 2.38. The van der Waals surface area contributed by atoms with Gasteiger partial charge in [0.15, 0.2) is 0 Å². The predicted molar refractivity (Wildman–Crippen MR) is 104 cm³/mol. The Labute approximate surface area is 149 Å². The van der Waals surface area contributed by atoms with E-state index in [1.165, 1.54) is 27.6 Å². The molecule has 0 aliphatic rings. The highest BCUT2D eigenvalue weighted by molar-refractivity contribution is 7.98. The number of thiophene rings is 1. The van der Waals surface area contributed by atoms with E-state index in [4.69, 9.17) is 0 Å². The quantitative estimate of drug-likeness (QED) is 0.336. The van der Waals surface area contributed by atoms with Gasteiger partial charge in [-0.1, -0.05) is 60.2 Å². The molecule has 0 saturated carbocycles. The van der Waals surface area contributed by atoms with Crippen molar-refractivity contribution >= 4 is 33.3 Å². The van der Waals surface area contributed by atoms with Crippen molar-refractivity contribution in [2.24, 2.45) is 0 Å². The molecule has 2 nitrogen and oxygen atoms in total. The smallest absolute Gasteiger partial charge is 0.128 e. The van der Waals surface area contributed by atoms with Gasteiger partial charge in [-0.05, 0) is 18.1 Å². The van der Waals surface area contributed by atoms with Gasteiger partial charge in [0, 0.05) is 16.7 Å². The predicted octanol–water partition coefficient (Wildman–Crippen LogP) is 5.96. The van der Waals surface area contributed by atoms with Crippen LogP contribution in [-0.4, -0.2) is 9.97 Å². The Kier molecular flexibility index (Phi) is 4.32. The van der Waals surface area contributed by atoms with E-state index in [1.807, 2.05) is 6.07 Å². The fourth-order valence-electron chi connectivity index (χ4n) is 2.63. The largest absolute Gasteiger partial charge is 0.229 e. The molecule has 118 valence electrons. The van der Waals surface area contributed by atoms with Crippen molar-refractivity contribution in [3.8, 4) is 11.1 Å². The van der Waals surface area contributed by atoms with Crippen molar-refractivity contribution in [2.45, 2.75) is 17.7 Å². The molecule has 0 aliphatic carbocycles. The number of hydrogen-bond acceptors (Lipinski definition) is 4. The second kappa shape index (κ2) is 6.75. The molecule has 0 saturated heterocycles. The van der Waals surface area contributed by atoms with Crippen molar-refractivity contribution < 1.29 is 0 Å². The van der Waals surface area contributed by atoms with Crippen LogP contribution in [0.25, 0.3) is 21.3 Å². The second-order valence-corrected chi connectivity index (χ2v) is 7.47. The maximum Gasteiger partial charge on any atom is 0.128 e. The van der Waals surface area contributed by atoms with Crippen molar-refractivity contribution in [1.29, 1.82) is 0 Å². The summed E-state index contributed by atoms with van der Waals surface area (Å²) in [6, 6.07) is 19.2. The van der Waals surface area contributed by atoms with Gasteiger partial charge in [-0.15, -0.1) is 23.1 Å². The molecule has 0 spiro atoms. The Morgan fingerprint density at radius 3 is 2.54 bits per heavy atom. The van der Waals surface area contributed by atoms with Crippen LogP contribution < -0.4 is 0 Å². The van der Waals surface area contributed by atoms with Crippen LogP contribution in [0.3, 0.4) is 0 Å². The van der Waals surface area contributed by atoms with Crippen LogP contribution in [0, 0.1) is 6.92 Å². The first-order chi connectivity index (χ1) is 11.8. The third kappa shape index (κ3) is 3.07. The molecule has 2 heterocycles. The molecule has 0 atom stereocenters. The summed E-state index contributed by atoms with van der Waals surface area (Å²) < 4.78 is 0. The fraction of sp³-hybridized carbons (Fsp3) is 0.100. The van der Waals surface area contributed by atoms with E-state index in [9.17, 15) is 0 Å². The first-order valence-electron chi connectivity index (χ1n) is 7.77. The van der Waals surface area contributed by atoms with Crippen LogP contribution in [0.5, 0.6) is 0 Å². The lowest BCUT2D eigenvalue weighted by Crippen LogP contribution is -1.87. The summed E-state index contributed by atoms with van der Waals surface area (Å²) in [5.74, 6) is 0.913. The van der Waals surface area contributed by atoms with E-state index in [2.05, 4.69) is 70.8 Å². The summed E-state index contributed by atoms with van der Waals surface area (Å²) in [7, 11) is 0. The van der Waals surface area contributed by atoms with Gasteiger partial charge in [0.1, 0.15) is 16.2 Å². The third-order valence-electron chi connectivity index (χ3n) is 3.92. The number of rotatable bonds is 4. The maximum absolute atomic E-state index is 4.56. The molecule has 0 N–H and O–H groups in total. The van der Waals surface area contributed by atoms with Crippen LogP contribution in [0.4, 0.5) is 0 Å². The zero-order valence-corrected chi connectivity index (χ0v) is 14.9. The number of nitrogens with zero attached hydrogens (tertiary/aromatic N) is 2. The lowest BCUT2D eigenvalue weighted by Gasteiger charge is -2.06. The lowest BCUT2D eigenvalue weighted by atomic mass is 10.1. The van der Waals surface area contributed by atoms with Gasteiger partial charge in [0.05, 0.1) is 5.39 Å². The standard InChI is InChI=1S/C20H16N2S2/c1-14-7-9-16(10-8-14)17-12-24-20-18(17)19(21-13-22-20)23-11-15-5-3-2-4-6-15/h2-10,12-13H,11H2,1H3.